The molecule has 0 aliphatic heterocycles. The lowest BCUT2D eigenvalue weighted by molar-refractivity contribution is -0.139. The molecule has 1 N–H and O–H groups in total. The van der Waals surface area contributed by atoms with E-state index in [1.54, 1.807) is 31.2 Å². The van der Waals surface area contributed by atoms with Crippen LogP contribution in [-0.2, 0) is 26.0 Å². The van der Waals surface area contributed by atoms with Crippen LogP contribution < -0.4 is 9.62 Å². The maximum absolute atomic E-state index is 13.3. The summed E-state index contributed by atoms with van der Waals surface area (Å²) in [4.78, 5) is 27.4. The molecule has 0 saturated heterocycles. The highest BCUT2D eigenvalue weighted by molar-refractivity contribution is 14.1. The SMILES string of the molecule is CC(C)NC(=O)[C@H](C)N(CCc1ccccc1)C(=O)CN(c1ccc(I)cc1)S(C)(=O)=O. The van der Waals surface area contributed by atoms with Crippen molar-refractivity contribution in [3.63, 3.8) is 0 Å². The third-order valence-electron chi connectivity index (χ3n) is 4.88. The summed E-state index contributed by atoms with van der Waals surface area (Å²) in [6.45, 7) is 5.27. The summed E-state index contributed by atoms with van der Waals surface area (Å²) in [5.41, 5.74) is 1.43. The van der Waals surface area contributed by atoms with Gasteiger partial charge in [-0.3, -0.25) is 13.9 Å². The van der Waals surface area contributed by atoms with Gasteiger partial charge in [-0.15, -0.1) is 0 Å². The van der Waals surface area contributed by atoms with Crippen LogP contribution in [0.5, 0.6) is 0 Å². The third kappa shape index (κ3) is 7.77. The van der Waals surface area contributed by atoms with Crippen LogP contribution in [0.4, 0.5) is 5.69 Å². The molecule has 0 aliphatic rings. The fourth-order valence-corrected chi connectivity index (χ4v) is 4.41. The van der Waals surface area contributed by atoms with Gasteiger partial charge < -0.3 is 10.2 Å². The van der Waals surface area contributed by atoms with E-state index >= 15 is 0 Å². The largest absolute Gasteiger partial charge is 0.352 e. The first-order chi connectivity index (χ1) is 15.0. The topological polar surface area (TPSA) is 86.8 Å². The molecule has 9 heteroatoms. The number of hydrogen-bond donors (Lipinski definition) is 1. The maximum Gasteiger partial charge on any atom is 0.244 e. The quantitative estimate of drug-likeness (QED) is 0.445. The van der Waals surface area contributed by atoms with Crippen molar-refractivity contribution in [2.24, 2.45) is 0 Å². The highest BCUT2D eigenvalue weighted by Gasteiger charge is 2.29. The first-order valence-electron chi connectivity index (χ1n) is 10.4. The summed E-state index contributed by atoms with van der Waals surface area (Å²) in [5.74, 6) is -0.710. The first kappa shape index (κ1) is 26.1. The molecule has 2 amide bonds. The number of halogens is 1. The van der Waals surface area contributed by atoms with Gasteiger partial charge in [0.15, 0.2) is 0 Å². The fraction of sp³-hybridized carbons (Fsp3) is 0.391. The van der Waals surface area contributed by atoms with Gasteiger partial charge in [0.05, 0.1) is 11.9 Å². The van der Waals surface area contributed by atoms with Gasteiger partial charge in [0.1, 0.15) is 12.6 Å². The molecule has 0 heterocycles. The Labute approximate surface area is 204 Å². The lowest BCUT2D eigenvalue weighted by Crippen LogP contribution is -2.53. The predicted octanol–water partition coefficient (Wildman–Crippen LogP) is 3.04. The number of benzene rings is 2. The Morgan fingerprint density at radius 2 is 1.59 bits per heavy atom. The van der Waals surface area contributed by atoms with E-state index in [9.17, 15) is 18.0 Å². The lowest BCUT2D eigenvalue weighted by Gasteiger charge is -2.31. The van der Waals surface area contributed by atoms with E-state index in [1.165, 1.54) is 4.90 Å². The van der Waals surface area contributed by atoms with Gasteiger partial charge in [-0.25, -0.2) is 8.42 Å². The van der Waals surface area contributed by atoms with Gasteiger partial charge >= 0.3 is 0 Å². The van der Waals surface area contributed by atoms with Crippen LogP contribution >= 0.6 is 22.6 Å². The van der Waals surface area contributed by atoms with Crippen molar-refractivity contribution in [2.45, 2.75) is 39.3 Å². The van der Waals surface area contributed by atoms with Crippen molar-refractivity contribution in [1.82, 2.24) is 10.2 Å². The normalized spacial score (nSPS) is 12.3. The highest BCUT2D eigenvalue weighted by Crippen LogP contribution is 2.20. The first-order valence-corrected chi connectivity index (χ1v) is 13.3. The molecule has 2 rings (SSSR count). The minimum atomic E-state index is -3.71. The zero-order chi connectivity index (χ0) is 23.9. The summed E-state index contributed by atoms with van der Waals surface area (Å²) in [6.07, 6.45) is 1.62. The van der Waals surface area contributed by atoms with Crippen molar-refractivity contribution in [1.29, 1.82) is 0 Å². The molecule has 0 saturated carbocycles. The molecule has 0 unspecified atom stereocenters. The lowest BCUT2D eigenvalue weighted by atomic mass is 10.1. The number of carbonyl (C=O) groups is 2. The summed E-state index contributed by atoms with van der Waals surface area (Å²) in [7, 11) is -3.71. The van der Waals surface area contributed by atoms with Crippen LogP contribution in [0, 0.1) is 3.57 Å². The van der Waals surface area contributed by atoms with Gasteiger partial charge in [0.2, 0.25) is 21.8 Å². The van der Waals surface area contributed by atoms with E-state index in [0.29, 0.717) is 18.7 Å². The van der Waals surface area contributed by atoms with Crippen molar-refractivity contribution >= 4 is 50.1 Å². The van der Waals surface area contributed by atoms with Crippen molar-refractivity contribution < 1.29 is 18.0 Å². The van der Waals surface area contributed by atoms with Gasteiger partial charge in [-0.2, -0.15) is 0 Å². The van der Waals surface area contributed by atoms with Crippen molar-refractivity contribution in [3.8, 4) is 0 Å². The number of nitrogens with one attached hydrogen (secondary N) is 1. The Kier molecular flexibility index (Phi) is 9.50. The number of nitrogens with zero attached hydrogens (tertiary/aromatic N) is 2. The summed E-state index contributed by atoms with van der Waals surface area (Å²) < 4.78 is 27.0. The van der Waals surface area contributed by atoms with Crippen LogP contribution in [0.3, 0.4) is 0 Å². The van der Waals surface area contributed by atoms with E-state index in [0.717, 1.165) is 19.7 Å². The third-order valence-corrected chi connectivity index (χ3v) is 6.74. The highest BCUT2D eigenvalue weighted by atomic mass is 127. The standard InChI is InChI=1S/C23H30IN3O4S/c1-17(2)25-23(29)18(3)26(15-14-19-8-6-5-7-9-19)22(28)16-27(32(4,30)31)21-12-10-20(24)11-13-21/h5-13,17-18H,14-16H2,1-4H3,(H,25,29)/t18-/m0/s1. The Bertz CT molecular complexity index is 1010. The number of carbonyl (C=O) groups excluding carboxylic acids is 2. The Morgan fingerprint density at radius 1 is 1.00 bits per heavy atom. The smallest absolute Gasteiger partial charge is 0.244 e. The average molecular weight is 571 g/mol. The summed E-state index contributed by atoms with van der Waals surface area (Å²) in [5, 5.41) is 2.83. The predicted molar refractivity (Wildman–Crippen MR) is 136 cm³/mol. The van der Waals surface area contributed by atoms with Crippen LogP contribution in [-0.4, -0.2) is 56.6 Å². The molecular formula is C23H30IN3O4S. The second kappa shape index (κ2) is 11.6. The Balaban J connectivity index is 2.29. The monoisotopic (exact) mass is 571 g/mol. The van der Waals surface area contributed by atoms with Crippen LogP contribution in [0.25, 0.3) is 0 Å². The van der Waals surface area contributed by atoms with E-state index in [1.807, 2.05) is 44.2 Å². The fourth-order valence-electron chi connectivity index (χ4n) is 3.20. The van der Waals surface area contributed by atoms with Crippen molar-refractivity contribution in [2.75, 3.05) is 23.7 Å². The zero-order valence-electron chi connectivity index (χ0n) is 18.8. The summed E-state index contributed by atoms with van der Waals surface area (Å²) in [6, 6.07) is 15.7. The minimum absolute atomic E-state index is 0.0738. The van der Waals surface area contributed by atoms with E-state index in [-0.39, 0.29) is 18.5 Å². The number of hydrogen-bond acceptors (Lipinski definition) is 4. The van der Waals surface area contributed by atoms with E-state index in [2.05, 4.69) is 27.9 Å². The molecule has 2 aromatic carbocycles. The number of sulfonamides is 1. The molecule has 0 aromatic heterocycles. The Hall–Kier alpha value is -2.14. The van der Waals surface area contributed by atoms with Gasteiger partial charge in [-0.1, -0.05) is 30.3 Å². The van der Waals surface area contributed by atoms with Crippen LogP contribution in [0.2, 0.25) is 0 Å². The van der Waals surface area contributed by atoms with Crippen molar-refractivity contribution in [3.05, 3.63) is 63.7 Å². The molecule has 0 spiro atoms. The van der Waals surface area contributed by atoms with Gasteiger partial charge in [0, 0.05) is 16.2 Å². The zero-order valence-corrected chi connectivity index (χ0v) is 21.8. The number of amides is 2. The second-order valence-electron chi connectivity index (χ2n) is 7.91. The average Bonchev–Trinajstić information content (AvgIpc) is 2.72. The molecule has 2 aromatic rings. The summed E-state index contributed by atoms with van der Waals surface area (Å²) >= 11 is 2.13. The van der Waals surface area contributed by atoms with Crippen LogP contribution in [0.15, 0.2) is 54.6 Å². The molecule has 0 aliphatic carbocycles. The van der Waals surface area contributed by atoms with Gasteiger partial charge in [-0.05, 0) is 79.6 Å². The molecule has 0 bridgehead atoms. The number of rotatable bonds is 10. The van der Waals surface area contributed by atoms with E-state index in [4.69, 9.17) is 0 Å². The molecule has 1 atom stereocenters. The van der Waals surface area contributed by atoms with E-state index < -0.39 is 22.0 Å². The van der Waals surface area contributed by atoms with Gasteiger partial charge in [0.25, 0.3) is 0 Å². The molecule has 0 radical (unpaired) electrons. The molecule has 174 valence electrons. The molecule has 0 fully saturated rings. The second-order valence-corrected chi connectivity index (χ2v) is 11.1. The molecule has 32 heavy (non-hydrogen) atoms. The maximum atomic E-state index is 13.3. The Morgan fingerprint density at radius 3 is 2.12 bits per heavy atom. The molecular weight excluding hydrogens is 541 g/mol. The molecule has 7 nitrogen and oxygen atoms in total. The van der Waals surface area contributed by atoms with Crippen LogP contribution in [0.1, 0.15) is 26.3 Å². The number of anilines is 1. The minimum Gasteiger partial charge on any atom is -0.352 e.